The summed E-state index contributed by atoms with van der Waals surface area (Å²) in [6.07, 6.45) is 2.35. The Kier molecular flexibility index (Phi) is 7.33. The first-order valence-electron chi connectivity index (χ1n) is 9.11. The smallest absolute Gasteiger partial charge is 0.339 e. The van der Waals surface area contributed by atoms with E-state index in [2.05, 4.69) is 5.32 Å². The fourth-order valence-electron chi connectivity index (χ4n) is 2.86. The molecule has 1 atom stereocenters. The van der Waals surface area contributed by atoms with Crippen molar-refractivity contribution in [3.63, 3.8) is 0 Å². The lowest BCUT2D eigenvalue weighted by atomic mass is 10.2. The van der Waals surface area contributed by atoms with Gasteiger partial charge in [-0.25, -0.2) is 4.79 Å². The van der Waals surface area contributed by atoms with Gasteiger partial charge in [0, 0.05) is 17.3 Å². The average molecular weight is 401 g/mol. The lowest BCUT2D eigenvalue weighted by molar-refractivity contribution is -0.119. The van der Waals surface area contributed by atoms with Gasteiger partial charge in [-0.15, -0.1) is 11.8 Å². The van der Waals surface area contributed by atoms with E-state index in [1.807, 2.05) is 12.1 Å². The highest BCUT2D eigenvalue weighted by Gasteiger charge is 2.19. The molecule has 0 radical (unpaired) electrons. The van der Waals surface area contributed by atoms with Crippen LogP contribution >= 0.6 is 11.8 Å². The molecule has 1 aliphatic heterocycles. The molecule has 148 valence electrons. The Bertz CT molecular complexity index is 820. The largest absolute Gasteiger partial charge is 0.495 e. The van der Waals surface area contributed by atoms with E-state index in [4.69, 9.17) is 14.2 Å². The van der Waals surface area contributed by atoms with Gasteiger partial charge in [0.15, 0.2) is 6.61 Å². The van der Waals surface area contributed by atoms with Crippen LogP contribution in [0.25, 0.3) is 0 Å². The first-order valence-corrected chi connectivity index (χ1v) is 10.1. The van der Waals surface area contributed by atoms with Gasteiger partial charge in [-0.1, -0.05) is 24.3 Å². The molecular formula is C21H23NO5S. The number of carbonyl (C=O) groups is 2. The molecule has 1 aliphatic rings. The second kappa shape index (κ2) is 10.1. The topological polar surface area (TPSA) is 73.9 Å². The molecule has 1 heterocycles. The summed E-state index contributed by atoms with van der Waals surface area (Å²) < 4.78 is 16.0. The molecule has 1 amide bonds. The summed E-state index contributed by atoms with van der Waals surface area (Å²) >= 11 is 1.57. The van der Waals surface area contributed by atoms with Crippen LogP contribution in [-0.4, -0.2) is 44.1 Å². The molecule has 6 nitrogen and oxygen atoms in total. The minimum Gasteiger partial charge on any atom is -0.495 e. The number of carbonyl (C=O) groups excluding carboxylic acids is 2. The summed E-state index contributed by atoms with van der Waals surface area (Å²) in [5.41, 5.74) is 0.981. The lowest BCUT2D eigenvalue weighted by Gasteiger charge is -2.12. The van der Waals surface area contributed by atoms with Crippen molar-refractivity contribution in [1.82, 2.24) is 0 Å². The van der Waals surface area contributed by atoms with Gasteiger partial charge in [-0.05, 0) is 37.1 Å². The van der Waals surface area contributed by atoms with Gasteiger partial charge in [0.2, 0.25) is 0 Å². The van der Waals surface area contributed by atoms with Crippen molar-refractivity contribution in [3.05, 3.63) is 54.1 Å². The van der Waals surface area contributed by atoms with Crippen molar-refractivity contribution in [2.24, 2.45) is 0 Å². The quantitative estimate of drug-likeness (QED) is 0.536. The molecule has 1 fully saturated rings. The van der Waals surface area contributed by atoms with Gasteiger partial charge in [0.05, 0.1) is 24.5 Å². The number of hydrogen-bond acceptors (Lipinski definition) is 6. The van der Waals surface area contributed by atoms with Crippen molar-refractivity contribution in [2.75, 3.05) is 31.4 Å². The number of amides is 1. The number of ether oxygens (including phenoxy) is 3. The summed E-state index contributed by atoms with van der Waals surface area (Å²) in [5, 5.41) is 2.68. The van der Waals surface area contributed by atoms with Gasteiger partial charge >= 0.3 is 5.97 Å². The molecule has 1 N–H and O–H groups in total. The summed E-state index contributed by atoms with van der Waals surface area (Å²) in [6.45, 7) is 0.428. The second-order valence-electron chi connectivity index (χ2n) is 6.27. The van der Waals surface area contributed by atoms with Gasteiger partial charge in [0.1, 0.15) is 5.75 Å². The normalized spacial score (nSPS) is 15.8. The number of para-hydroxylation sites is 2. The molecule has 2 aromatic rings. The maximum atomic E-state index is 12.5. The SMILES string of the molecule is COc1ccccc1NC(=O)COC(=O)c1ccccc1SC[C@H]1CCCO1. The van der Waals surface area contributed by atoms with Gasteiger partial charge in [-0.2, -0.15) is 0 Å². The minimum atomic E-state index is -0.523. The van der Waals surface area contributed by atoms with Crippen LogP contribution in [0.1, 0.15) is 23.2 Å². The molecule has 3 rings (SSSR count). The Labute approximate surface area is 168 Å². The highest BCUT2D eigenvalue weighted by Crippen LogP contribution is 2.27. The highest BCUT2D eigenvalue weighted by atomic mass is 32.2. The van der Waals surface area contributed by atoms with Crippen molar-refractivity contribution >= 4 is 29.3 Å². The van der Waals surface area contributed by atoms with E-state index in [0.29, 0.717) is 17.0 Å². The molecule has 1 saturated heterocycles. The number of anilines is 1. The third-order valence-corrected chi connectivity index (χ3v) is 5.48. The van der Waals surface area contributed by atoms with Crippen molar-refractivity contribution < 1.29 is 23.8 Å². The molecule has 0 bridgehead atoms. The molecule has 0 unspecified atom stereocenters. The standard InChI is InChI=1S/C21H23NO5S/c1-25-18-10-4-3-9-17(18)22-20(23)13-27-21(24)16-8-2-5-11-19(16)28-14-15-7-6-12-26-15/h2-5,8-11,15H,6-7,12-14H2,1H3,(H,22,23)/t15-/m1/s1. The van der Waals surface area contributed by atoms with Gasteiger partial charge < -0.3 is 19.5 Å². The maximum absolute atomic E-state index is 12.5. The third-order valence-electron chi connectivity index (χ3n) is 4.27. The minimum absolute atomic E-state index is 0.223. The summed E-state index contributed by atoms with van der Waals surface area (Å²) in [5.74, 6) is 0.379. The number of hydrogen-bond donors (Lipinski definition) is 1. The zero-order valence-electron chi connectivity index (χ0n) is 15.7. The number of rotatable bonds is 8. The fourth-order valence-corrected chi connectivity index (χ4v) is 3.97. The molecule has 0 saturated carbocycles. The summed E-state index contributed by atoms with van der Waals surface area (Å²) in [7, 11) is 1.52. The predicted octanol–water partition coefficient (Wildman–Crippen LogP) is 3.76. The molecule has 0 aromatic heterocycles. The molecule has 0 spiro atoms. The van der Waals surface area contributed by atoms with Crippen LogP contribution < -0.4 is 10.1 Å². The third kappa shape index (κ3) is 5.50. The Morgan fingerprint density at radius 2 is 1.96 bits per heavy atom. The van der Waals surface area contributed by atoms with E-state index in [-0.39, 0.29) is 12.7 Å². The zero-order valence-corrected chi connectivity index (χ0v) is 16.5. The van der Waals surface area contributed by atoms with E-state index in [9.17, 15) is 9.59 Å². The van der Waals surface area contributed by atoms with E-state index in [0.717, 1.165) is 30.1 Å². The number of benzene rings is 2. The number of nitrogens with one attached hydrogen (secondary N) is 1. The molecule has 28 heavy (non-hydrogen) atoms. The van der Waals surface area contributed by atoms with Crippen LogP contribution in [0.15, 0.2) is 53.4 Å². The van der Waals surface area contributed by atoms with E-state index >= 15 is 0 Å². The number of methoxy groups -OCH3 is 1. The predicted molar refractivity (Wildman–Crippen MR) is 108 cm³/mol. The second-order valence-corrected chi connectivity index (χ2v) is 7.33. The molecule has 7 heteroatoms. The lowest BCUT2D eigenvalue weighted by Crippen LogP contribution is -2.21. The van der Waals surface area contributed by atoms with Crippen molar-refractivity contribution in [3.8, 4) is 5.75 Å². The van der Waals surface area contributed by atoms with Crippen molar-refractivity contribution in [1.29, 1.82) is 0 Å². The summed E-state index contributed by atoms with van der Waals surface area (Å²) in [6, 6.07) is 14.3. The van der Waals surface area contributed by atoms with Crippen LogP contribution in [0.3, 0.4) is 0 Å². The Morgan fingerprint density at radius 1 is 1.18 bits per heavy atom. The maximum Gasteiger partial charge on any atom is 0.339 e. The number of thioether (sulfide) groups is 1. The highest BCUT2D eigenvalue weighted by molar-refractivity contribution is 7.99. The Hall–Kier alpha value is -2.51. The Balaban J connectivity index is 1.55. The van der Waals surface area contributed by atoms with Crippen LogP contribution in [-0.2, 0) is 14.3 Å². The van der Waals surface area contributed by atoms with Crippen LogP contribution in [0, 0.1) is 0 Å². The average Bonchev–Trinajstić information content (AvgIpc) is 3.25. The van der Waals surface area contributed by atoms with Crippen LogP contribution in [0.4, 0.5) is 5.69 Å². The fraction of sp³-hybridized carbons (Fsp3) is 0.333. The molecular weight excluding hydrogens is 378 g/mol. The van der Waals surface area contributed by atoms with E-state index in [1.54, 1.807) is 48.2 Å². The van der Waals surface area contributed by atoms with Crippen molar-refractivity contribution in [2.45, 2.75) is 23.8 Å². The molecule has 0 aliphatic carbocycles. The van der Waals surface area contributed by atoms with E-state index in [1.165, 1.54) is 7.11 Å². The number of esters is 1. The zero-order chi connectivity index (χ0) is 19.8. The molecule has 2 aromatic carbocycles. The Morgan fingerprint density at radius 3 is 2.75 bits per heavy atom. The monoisotopic (exact) mass is 401 g/mol. The van der Waals surface area contributed by atoms with Gasteiger partial charge in [0.25, 0.3) is 5.91 Å². The first kappa shape index (κ1) is 20.2. The van der Waals surface area contributed by atoms with Crippen LogP contribution in [0.2, 0.25) is 0 Å². The summed E-state index contributed by atoms with van der Waals surface area (Å²) in [4.78, 5) is 25.4. The van der Waals surface area contributed by atoms with Gasteiger partial charge in [-0.3, -0.25) is 4.79 Å². The van der Waals surface area contributed by atoms with E-state index < -0.39 is 11.9 Å². The first-order chi connectivity index (χ1) is 13.7. The van der Waals surface area contributed by atoms with Crippen LogP contribution in [0.5, 0.6) is 5.75 Å².